The molecule has 0 saturated heterocycles. The highest BCUT2D eigenvalue weighted by Gasteiger charge is 2.27. The van der Waals surface area contributed by atoms with Crippen LogP contribution in [0.25, 0.3) is 0 Å². The van der Waals surface area contributed by atoms with E-state index in [9.17, 15) is 9.59 Å². The lowest BCUT2D eigenvalue weighted by Gasteiger charge is -2.29. The summed E-state index contributed by atoms with van der Waals surface area (Å²) in [5, 5.41) is 0. The van der Waals surface area contributed by atoms with Crippen molar-refractivity contribution in [1.29, 1.82) is 0 Å². The zero-order chi connectivity index (χ0) is 26.6. The maximum Gasteiger partial charge on any atom is 0.330 e. The molecule has 0 aliphatic heterocycles. The van der Waals surface area contributed by atoms with Gasteiger partial charge in [0.15, 0.2) is 0 Å². The molecule has 36 heavy (non-hydrogen) atoms. The number of carbonyl (C=O) groups excluding carboxylic acids is 2. The molecule has 194 valence electrons. The maximum atomic E-state index is 11.3. The monoisotopic (exact) mass is 496 g/mol. The average Bonchev–Trinajstić information content (AvgIpc) is 2.86. The Balaban J connectivity index is 1.94. The number of carbonyl (C=O) groups is 2. The van der Waals surface area contributed by atoms with Gasteiger partial charge in [-0.2, -0.15) is 0 Å². The normalized spacial score (nSPS) is 11.8. The van der Waals surface area contributed by atoms with Crippen LogP contribution < -0.4 is 9.47 Å². The summed E-state index contributed by atoms with van der Waals surface area (Å²) in [4.78, 5) is 22.4. The third kappa shape index (κ3) is 8.89. The lowest BCUT2D eigenvalue weighted by atomic mass is 9.77. The molecule has 0 aliphatic carbocycles. The molecule has 0 fully saturated rings. The van der Waals surface area contributed by atoms with Gasteiger partial charge in [0.25, 0.3) is 0 Å². The van der Waals surface area contributed by atoms with E-state index in [1.54, 1.807) is 6.92 Å². The Bertz CT molecular complexity index is 1020. The van der Waals surface area contributed by atoms with Crippen LogP contribution >= 0.6 is 0 Å². The Morgan fingerprint density at radius 2 is 1.58 bits per heavy atom. The first kappa shape index (κ1) is 28.7. The molecule has 1 unspecified atom stereocenters. The Kier molecular flexibility index (Phi) is 11.2. The van der Waals surface area contributed by atoms with Crippen LogP contribution in [0.2, 0.25) is 0 Å². The first-order chi connectivity index (χ1) is 17.2. The fourth-order valence-corrected chi connectivity index (χ4v) is 3.49. The molecular formula is C29H36O7. The van der Waals surface area contributed by atoms with Crippen LogP contribution in [0.1, 0.15) is 37.5 Å². The SMILES string of the molecule is C=CC(=O)OCCOc1cc(C)ccc1C(C)(C)c1ccc(OCCOCC(C)OC(=O)C=C)cc1. The standard InChI is InChI=1S/C29H36O7/c1-7-27(30)35-18-17-34-26-19-21(3)9-14-25(26)29(5,6)23-10-12-24(13-11-23)33-16-15-32-20-22(4)36-28(31)8-2/h7-14,19,22H,1-2,15-18,20H2,3-6H3. The van der Waals surface area contributed by atoms with Gasteiger partial charge in [-0.15, -0.1) is 0 Å². The Labute approximate surface area is 213 Å². The highest BCUT2D eigenvalue weighted by Crippen LogP contribution is 2.38. The van der Waals surface area contributed by atoms with Crippen molar-refractivity contribution in [2.75, 3.05) is 33.0 Å². The van der Waals surface area contributed by atoms with E-state index in [0.717, 1.165) is 40.3 Å². The Morgan fingerprint density at radius 3 is 2.25 bits per heavy atom. The molecular weight excluding hydrogens is 460 g/mol. The molecule has 0 bridgehead atoms. The molecule has 0 aromatic heterocycles. The highest BCUT2D eigenvalue weighted by molar-refractivity contribution is 5.81. The van der Waals surface area contributed by atoms with Crippen molar-refractivity contribution >= 4 is 11.9 Å². The van der Waals surface area contributed by atoms with Crippen LogP contribution in [0.15, 0.2) is 67.8 Å². The fraction of sp³-hybridized carbons (Fsp3) is 0.379. The second-order valence-corrected chi connectivity index (χ2v) is 8.74. The van der Waals surface area contributed by atoms with Crippen LogP contribution in [0.4, 0.5) is 0 Å². The van der Waals surface area contributed by atoms with Crippen molar-refractivity contribution in [3.8, 4) is 11.5 Å². The molecule has 2 aromatic rings. The van der Waals surface area contributed by atoms with Gasteiger partial charge in [-0.3, -0.25) is 0 Å². The summed E-state index contributed by atoms with van der Waals surface area (Å²) in [6.45, 7) is 16.2. The van der Waals surface area contributed by atoms with E-state index in [4.69, 9.17) is 23.7 Å². The van der Waals surface area contributed by atoms with E-state index >= 15 is 0 Å². The van der Waals surface area contributed by atoms with Crippen LogP contribution in [-0.2, 0) is 29.2 Å². The minimum atomic E-state index is -0.471. The third-order valence-corrected chi connectivity index (χ3v) is 5.47. The van der Waals surface area contributed by atoms with Crippen molar-refractivity contribution in [3.63, 3.8) is 0 Å². The zero-order valence-corrected chi connectivity index (χ0v) is 21.6. The van der Waals surface area contributed by atoms with Crippen molar-refractivity contribution < 1.29 is 33.3 Å². The van der Waals surface area contributed by atoms with E-state index in [1.165, 1.54) is 0 Å². The lowest BCUT2D eigenvalue weighted by Crippen LogP contribution is -2.21. The molecule has 0 radical (unpaired) electrons. The smallest absolute Gasteiger partial charge is 0.330 e. The third-order valence-electron chi connectivity index (χ3n) is 5.47. The van der Waals surface area contributed by atoms with Gasteiger partial charge < -0.3 is 23.7 Å². The van der Waals surface area contributed by atoms with Gasteiger partial charge in [0.2, 0.25) is 0 Å². The predicted octanol–water partition coefficient (Wildman–Crippen LogP) is 4.94. The quantitative estimate of drug-likeness (QED) is 0.196. The Hall–Kier alpha value is -3.58. The maximum absolute atomic E-state index is 11.3. The number of rotatable bonds is 15. The molecule has 2 rings (SSSR count). The number of esters is 2. The van der Waals surface area contributed by atoms with Crippen LogP contribution in [0.5, 0.6) is 11.5 Å². The molecule has 0 heterocycles. The molecule has 7 heteroatoms. The van der Waals surface area contributed by atoms with Gasteiger partial charge in [0.1, 0.15) is 37.4 Å². The van der Waals surface area contributed by atoms with E-state index in [1.807, 2.05) is 37.3 Å². The predicted molar refractivity (Wildman–Crippen MR) is 138 cm³/mol. The molecule has 0 aliphatic rings. The summed E-state index contributed by atoms with van der Waals surface area (Å²) in [7, 11) is 0. The van der Waals surface area contributed by atoms with Gasteiger partial charge in [-0.1, -0.05) is 51.3 Å². The summed E-state index contributed by atoms with van der Waals surface area (Å²) in [5.74, 6) is 0.540. The van der Waals surface area contributed by atoms with Gasteiger partial charge in [-0.25, -0.2) is 9.59 Å². The van der Waals surface area contributed by atoms with E-state index < -0.39 is 11.9 Å². The Morgan fingerprint density at radius 1 is 0.917 bits per heavy atom. The van der Waals surface area contributed by atoms with E-state index in [2.05, 4.69) is 39.1 Å². The van der Waals surface area contributed by atoms with E-state index in [0.29, 0.717) is 13.2 Å². The topological polar surface area (TPSA) is 80.3 Å². The van der Waals surface area contributed by atoms with Crippen LogP contribution in [0.3, 0.4) is 0 Å². The van der Waals surface area contributed by atoms with Gasteiger partial charge in [-0.05, 0) is 43.2 Å². The minimum absolute atomic E-state index is 0.146. The zero-order valence-electron chi connectivity index (χ0n) is 21.6. The fourth-order valence-electron chi connectivity index (χ4n) is 3.49. The molecule has 0 N–H and O–H groups in total. The first-order valence-corrected chi connectivity index (χ1v) is 11.8. The summed E-state index contributed by atoms with van der Waals surface area (Å²) in [5.41, 5.74) is 2.85. The van der Waals surface area contributed by atoms with Gasteiger partial charge >= 0.3 is 11.9 Å². The van der Waals surface area contributed by atoms with E-state index in [-0.39, 0.29) is 31.3 Å². The number of ether oxygens (including phenoxy) is 5. The number of benzene rings is 2. The van der Waals surface area contributed by atoms with Crippen LogP contribution in [0, 0.1) is 6.92 Å². The summed E-state index contributed by atoms with van der Waals surface area (Å²) < 4.78 is 27.3. The first-order valence-electron chi connectivity index (χ1n) is 11.8. The molecule has 0 spiro atoms. The molecule has 1 atom stereocenters. The second-order valence-electron chi connectivity index (χ2n) is 8.74. The summed E-state index contributed by atoms with van der Waals surface area (Å²) in [6.07, 6.45) is 1.90. The van der Waals surface area contributed by atoms with Crippen molar-refractivity contribution in [3.05, 3.63) is 84.5 Å². The minimum Gasteiger partial charge on any atom is -0.491 e. The average molecular weight is 497 g/mol. The van der Waals surface area contributed by atoms with Crippen molar-refractivity contribution in [2.45, 2.75) is 39.2 Å². The summed E-state index contributed by atoms with van der Waals surface area (Å²) in [6, 6.07) is 14.0. The van der Waals surface area contributed by atoms with Gasteiger partial charge in [0, 0.05) is 23.1 Å². The molecule has 0 saturated carbocycles. The molecule has 0 amide bonds. The highest BCUT2D eigenvalue weighted by atomic mass is 16.6. The number of hydrogen-bond acceptors (Lipinski definition) is 7. The van der Waals surface area contributed by atoms with Gasteiger partial charge in [0.05, 0.1) is 13.2 Å². The van der Waals surface area contributed by atoms with Crippen LogP contribution in [-0.4, -0.2) is 51.1 Å². The summed E-state index contributed by atoms with van der Waals surface area (Å²) >= 11 is 0. The second kappa shape index (κ2) is 14.1. The molecule has 7 nitrogen and oxygen atoms in total. The number of aryl methyl sites for hydroxylation is 1. The number of hydrogen-bond donors (Lipinski definition) is 0. The lowest BCUT2D eigenvalue weighted by molar-refractivity contribution is -0.145. The van der Waals surface area contributed by atoms with Crippen molar-refractivity contribution in [2.24, 2.45) is 0 Å². The molecule has 2 aromatic carbocycles. The largest absolute Gasteiger partial charge is 0.491 e. The van der Waals surface area contributed by atoms with Crippen molar-refractivity contribution in [1.82, 2.24) is 0 Å².